The Morgan fingerprint density at radius 1 is 1.56 bits per heavy atom. The highest BCUT2D eigenvalue weighted by Gasteiger charge is 2.18. The molecule has 0 saturated carbocycles. The minimum Gasteiger partial charge on any atom is -0.392 e. The van der Waals surface area contributed by atoms with Gasteiger partial charge in [-0.1, -0.05) is 19.1 Å². The molecule has 1 unspecified atom stereocenters. The summed E-state index contributed by atoms with van der Waals surface area (Å²) >= 11 is 0. The molecule has 2 N–H and O–H groups in total. The van der Waals surface area contributed by atoms with Crippen LogP contribution in [-0.2, 0) is 11.4 Å². The summed E-state index contributed by atoms with van der Waals surface area (Å²) < 4.78 is 13.8. The summed E-state index contributed by atoms with van der Waals surface area (Å²) in [5.74, 6) is -0.747. The maximum absolute atomic E-state index is 13.8. The van der Waals surface area contributed by atoms with E-state index in [2.05, 4.69) is 5.32 Å². The number of para-hydroxylation sites is 1. The summed E-state index contributed by atoms with van der Waals surface area (Å²) in [5, 5.41) is 11.8. The summed E-state index contributed by atoms with van der Waals surface area (Å²) in [5.41, 5.74) is 0.859. The zero-order valence-corrected chi connectivity index (χ0v) is 10.9. The maximum atomic E-state index is 13.8. The lowest BCUT2D eigenvalue weighted by atomic mass is 10.1. The Hall–Kier alpha value is -1.62. The molecule has 0 saturated heterocycles. The van der Waals surface area contributed by atoms with Crippen LogP contribution in [0.2, 0.25) is 0 Å². The van der Waals surface area contributed by atoms with E-state index in [0.29, 0.717) is 17.8 Å². The Kier molecular flexibility index (Phi) is 5.09. The number of carbonyl (C=O) groups excluding carboxylic acids is 1. The molecule has 0 aromatic heterocycles. The van der Waals surface area contributed by atoms with Crippen LogP contribution in [0.1, 0.15) is 12.5 Å². The molecule has 0 fully saturated rings. The number of hydrogen-bond donors (Lipinski definition) is 2. The van der Waals surface area contributed by atoms with Crippen LogP contribution in [-0.4, -0.2) is 31.7 Å². The molecule has 18 heavy (non-hydrogen) atoms. The Morgan fingerprint density at radius 3 is 2.78 bits per heavy atom. The van der Waals surface area contributed by atoms with Crippen molar-refractivity contribution in [2.75, 3.05) is 25.5 Å². The highest BCUT2D eigenvalue weighted by Crippen LogP contribution is 2.24. The molecule has 1 atom stereocenters. The highest BCUT2D eigenvalue weighted by molar-refractivity contribution is 5.78. The lowest BCUT2D eigenvalue weighted by Gasteiger charge is -2.25. The zero-order chi connectivity index (χ0) is 13.7. The average molecular weight is 254 g/mol. The van der Waals surface area contributed by atoms with E-state index in [1.54, 1.807) is 38.1 Å². The van der Waals surface area contributed by atoms with Crippen molar-refractivity contribution in [2.45, 2.75) is 13.5 Å². The van der Waals surface area contributed by atoms with Gasteiger partial charge in [0.1, 0.15) is 5.82 Å². The number of nitrogens with zero attached hydrogens (tertiary/aromatic N) is 1. The third-order valence-electron chi connectivity index (χ3n) is 2.86. The van der Waals surface area contributed by atoms with E-state index >= 15 is 0 Å². The third kappa shape index (κ3) is 3.20. The van der Waals surface area contributed by atoms with Crippen molar-refractivity contribution in [1.82, 2.24) is 5.32 Å². The number of carbonyl (C=O) groups is 1. The lowest BCUT2D eigenvalue weighted by molar-refractivity contribution is -0.123. The normalized spacial score (nSPS) is 12.1. The number of aliphatic hydroxyl groups is 1. The Labute approximate surface area is 106 Å². The van der Waals surface area contributed by atoms with Gasteiger partial charge in [0.2, 0.25) is 5.91 Å². The average Bonchev–Trinajstić information content (AvgIpc) is 2.36. The van der Waals surface area contributed by atoms with Gasteiger partial charge < -0.3 is 15.3 Å². The zero-order valence-electron chi connectivity index (χ0n) is 10.9. The van der Waals surface area contributed by atoms with Gasteiger partial charge in [-0.2, -0.15) is 0 Å². The summed E-state index contributed by atoms with van der Waals surface area (Å²) in [6, 6.07) is 4.56. The van der Waals surface area contributed by atoms with Crippen LogP contribution < -0.4 is 10.2 Å². The number of nitrogens with one attached hydrogen (secondary N) is 1. The molecule has 100 valence electrons. The summed E-state index contributed by atoms with van der Waals surface area (Å²) in [6.45, 7) is 1.92. The van der Waals surface area contributed by atoms with Crippen LogP contribution in [0.25, 0.3) is 0 Å². The monoisotopic (exact) mass is 254 g/mol. The molecule has 0 heterocycles. The SMILES string of the molecule is CNC(=O)C(C)CN(C)c1c(F)cccc1CO. The van der Waals surface area contributed by atoms with Crippen molar-refractivity contribution >= 4 is 11.6 Å². The molecule has 1 rings (SSSR count). The molecular formula is C13H19FN2O2. The first-order valence-electron chi connectivity index (χ1n) is 5.82. The first-order chi connectivity index (χ1) is 8.51. The molecule has 0 spiro atoms. The first kappa shape index (κ1) is 14.4. The second kappa shape index (κ2) is 6.35. The second-order valence-electron chi connectivity index (χ2n) is 4.30. The lowest BCUT2D eigenvalue weighted by Crippen LogP contribution is -2.35. The summed E-state index contributed by atoms with van der Waals surface area (Å²) in [7, 11) is 3.28. The molecule has 0 aliphatic rings. The van der Waals surface area contributed by atoms with Crippen molar-refractivity contribution in [3.8, 4) is 0 Å². The molecule has 1 aromatic carbocycles. The van der Waals surface area contributed by atoms with Crippen LogP contribution in [0.3, 0.4) is 0 Å². The van der Waals surface area contributed by atoms with Gasteiger partial charge in [0.05, 0.1) is 18.2 Å². The van der Waals surface area contributed by atoms with Crippen LogP contribution in [0.5, 0.6) is 0 Å². The molecule has 0 radical (unpaired) electrons. The minimum absolute atomic E-state index is 0.0938. The standard InChI is InChI=1S/C13H19FN2O2/c1-9(13(18)15-2)7-16(3)12-10(8-17)5-4-6-11(12)14/h4-6,9,17H,7-8H2,1-3H3,(H,15,18). The third-order valence-corrected chi connectivity index (χ3v) is 2.86. The maximum Gasteiger partial charge on any atom is 0.224 e. The topological polar surface area (TPSA) is 52.6 Å². The van der Waals surface area contributed by atoms with Gasteiger partial charge in [-0.3, -0.25) is 4.79 Å². The van der Waals surface area contributed by atoms with Gasteiger partial charge in [-0.05, 0) is 6.07 Å². The second-order valence-corrected chi connectivity index (χ2v) is 4.30. The summed E-state index contributed by atoms with van der Waals surface area (Å²) in [4.78, 5) is 13.1. The predicted molar refractivity (Wildman–Crippen MR) is 68.8 cm³/mol. The van der Waals surface area contributed by atoms with E-state index < -0.39 is 5.82 Å². The minimum atomic E-state index is -0.395. The largest absolute Gasteiger partial charge is 0.392 e. The van der Waals surface area contributed by atoms with Crippen molar-refractivity contribution in [3.63, 3.8) is 0 Å². The van der Waals surface area contributed by atoms with Crippen molar-refractivity contribution < 1.29 is 14.3 Å². The van der Waals surface area contributed by atoms with Gasteiger partial charge in [0.15, 0.2) is 0 Å². The number of anilines is 1. The fourth-order valence-corrected chi connectivity index (χ4v) is 1.95. The molecule has 5 heteroatoms. The Morgan fingerprint density at radius 2 is 2.22 bits per heavy atom. The number of rotatable bonds is 5. The van der Waals surface area contributed by atoms with E-state index in [1.807, 2.05) is 0 Å². The fraction of sp³-hybridized carbons (Fsp3) is 0.462. The number of aliphatic hydroxyl groups excluding tert-OH is 1. The summed E-state index contributed by atoms with van der Waals surface area (Å²) in [6.07, 6.45) is 0. The van der Waals surface area contributed by atoms with E-state index in [4.69, 9.17) is 0 Å². The smallest absolute Gasteiger partial charge is 0.224 e. The van der Waals surface area contributed by atoms with Gasteiger partial charge in [-0.25, -0.2) is 4.39 Å². The molecule has 1 aromatic rings. The number of hydrogen-bond acceptors (Lipinski definition) is 3. The van der Waals surface area contributed by atoms with Crippen LogP contribution in [0, 0.1) is 11.7 Å². The highest BCUT2D eigenvalue weighted by atomic mass is 19.1. The molecule has 0 aliphatic heterocycles. The molecule has 4 nitrogen and oxygen atoms in total. The van der Waals surface area contributed by atoms with Crippen LogP contribution in [0.15, 0.2) is 18.2 Å². The van der Waals surface area contributed by atoms with Gasteiger partial charge in [0.25, 0.3) is 0 Å². The van der Waals surface area contributed by atoms with Crippen molar-refractivity contribution in [2.24, 2.45) is 5.92 Å². The quantitative estimate of drug-likeness (QED) is 0.828. The van der Waals surface area contributed by atoms with E-state index in [9.17, 15) is 14.3 Å². The number of benzene rings is 1. The van der Waals surface area contributed by atoms with Crippen LogP contribution in [0.4, 0.5) is 10.1 Å². The van der Waals surface area contributed by atoms with Gasteiger partial charge in [-0.15, -0.1) is 0 Å². The predicted octanol–water partition coefficient (Wildman–Crippen LogP) is 1.14. The Bertz CT molecular complexity index is 423. The molecule has 0 aliphatic carbocycles. The van der Waals surface area contributed by atoms with E-state index in [0.717, 1.165) is 0 Å². The van der Waals surface area contributed by atoms with Crippen molar-refractivity contribution in [1.29, 1.82) is 0 Å². The van der Waals surface area contributed by atoms with E-state index in [1.165, 1.54) is 6.07 Å². The fourth-order valence-electron chi connectivity index (χ4n) is 1.95. The van der Waals surface area contributed by atoms with Gasteiger partial charge >= 0.3 is 0 Å². The van der Waals surface area contributed by atoms with Crippen molar-refractivity contribution in [3.05, 3.63) is 29.6 Å². The van der Waals surface area contributed by atoms with E-state index in [-0.39, 0.29) is 18.4 Å². The molecule has 1 amide bonds. The molecular weight excluding hydrogens is 235 g/mol. The van der Waals surface area contributed by atoms with Gasteiger partial charge in [0, 0.05) is 26.2 Å². The number of halogens is 1. The Balaban J connectivity index is 2.90. The number of amides is 1. The van der Waals surface area contributed by atoms with Crippen LogP contribution >= 0.6 is 0 Å². The first-order valence-corrected chi connectivity index (χ1v) is 5.82. The molecule has 0 bridgehead atoms.